The van der Waals surface area contributed by atoms with Gasteiger partial charge in [0, 0.05) is 17.8 Å². The van der Waals surface area contributed by atoms with Crippen molar-refractivity contribution in [3.63, 3.8) is 0 Å². The number of anilines is 1. The zero-order valence-electron chi connectivity index (χ0n) is 16.0. The number of carbonyl (C=O) groups excluding carboxylic acids is 1. The van der Waals surface area contributed by atoms with E-state index in [-0.39, 0.29) is 10.6 Å². The van der Waals surface area contributed by atoms with Gasteiger partial charge in [0.05, 0.1) is 19.1 Å². The molecule has 11 heteroatoms. The summed E-state index contributed by atoms with van der Waals surface area (Å²) in [6.45, 7) is -1.67. The van der Waals surface area contributed by atoms with E-state index in [9.17, 15) is 26.4 Å². The smallest absolute Gasteiger partial charge is 0.402 e. The van der Waals surface area contributed by atoms with Crippen LogP contribution in [0.5, 0.6) is 11.5 Å². The standard InChI is InChI=1S/C19H19F3N2O5S/c1-28-15-9-13(10-16(11-15)29-2)3-8-18(25)24-14-4-6-17(7-5-14)30(26,27)23-12-19(20,21)22/h3-11,23H,12H2,1-2H3,(H,24,25)/b8-3+. The summed E-state index contributed by atoms with van der Waals surface area (Å²) in [6.07, 6.45) is -1.88. The Balaban J connectivity index is 2.03. The Hall–Kier alpha value is -3.05. The van der Waals surface area contributed by atoms with E-state index < -0.39 is 28.7 Å². The molecule has 0 saturated heterocycles. The topological polar surface area (TPSA) is 93.7 Å². The van der Waals surface area contributed by atoms with E-state index in [0.717, 1.165) is 12.1 Å². The summed E-state index contributed by atoms with van der Waals surface area (Å²) in [6, 6.07) is 9.78. The predicted octanol–water partition coefficient (Wildman–Crippen LogP) is 3.20. The molecule has 0 unspecified atom stereocenters. The first-order chi connectivity index (χ1) is 14.0. The van der Waals surface area contributed by atoms with Crippen molar-refractivity contribution >= 4 is 27.7 Å². The van der Waals surface area contributed by atoms with Gasteiger partial charge in [-0.15, -0.1) is 0 Å². The first kappa shape index (κ1) is 23.2. The Labute approximate surface area is 171 Å². The molecule has 2 rings (SSSR count). The highest BCUT2D eigenvalue weighted by Crippen LogP contribution is 2.23. The zero-order chi connectivity index (χ0) is 22.4. The van der Waals surface area contributed by atoms with E-state index >= 15 is 0 Å². The lowest BCUT2D eigenvalue weighted by Gasteiger charge is -2.10. The lowest BCUT2D eigenvalue weighted by atomic mass is 10.2. The second-order valence-electron chi connectivity index (χ2n) is 5.93. The third-order valence-electron chi connectivity index (χ3n) is 3.70. The molecule has 2 N–H and O–H groups in total. The number of methoxy groups -OCH3 is 2. The monoisotopic (exact) mass is 444 g/mol. The average Bonchev–Trinajstić information content (AvgIpc) is 2.70. The second-order valence-corrected chi connectivity index (χ2v) is 7.70. The van der Waals surface area contributed by atoms with Crippen LogP contribution >= 0.6 is 0 Å². The molecular weight excluding hydrogens is 425 g/mol. The molecule has 0 bridgehead atoms. The van der Waals surface area contributed by atoms with Crippen LogP contribution in [0, 0.1) is 0 Å². The van der Waals surface area contributed by atoms with Gasteiger partial charge >= 0.3 is 6.18 Å². The highest BCUT2D eigenvalue weighted by molar-refractivity contribution is 7.89. The van der Waals surface area contributed by atoms with Crippen LogP contribution < -0.4 is 19.5 Å². The Bertz CT molecular complexity index is 997. The summed E-state index contributed by atoms with van der Waals surface area (Å²) < 4.78 is 72.0. The number of nitrogens with one attached hydrogen (secondary N) is 2. The molecule has 2 aromatic carbocycles. The van der Waals surface area contributed by atoms with Crippen LogP contribution in [0.2, 0.25) is 0 Å². The fourth-order valence-electron chi connectivity index (χ4n) is 2.26. The molecule has 0 aliphatic heterocycles. The maximum atomic E-state index is 12.2. The quantitative estimate of drug-likeness (QED) is 0.610. The molecule has 0 aliphatic carbocycles. The number of carbonyl (C=O) groups is 1. The molecule has 0 aromatic heterocycles. The van der Waals surface area contributed by atoms with Crippen molar-refractivity contribution in [2.75, 3.05) is 26.1 Å². The molecule has 0 atom stereocenters. The van der Waals surface area contributed by atoms with E-state index in [1.54, 1.807) is 18.2 Å². The van der Waals surface area contributed by atoms with Gasteiger partial charge in [-0.3, -0.25) is 4.79 Å². The SMILES string of the molecule is COc1cc(/C=C/C(=O)Nc2ccc(S(=O)(=O)NCC(F)(F)F)cc2)cc(OC)c1. The maximum absolute atomic E-state index is 12.2. The third kappa shape index (κ3) is 7.08. The number of hydrogen-bond donors (Lipinski definition) is 2. The molecule has 162 valence electrons. The van der Waals surface area contributed by atoms with Crippen LogP contribution in [0.1, 0.15) is 5.56 Å². The summed E-state index contributed by atoms with van der Waals surface area (Å²) in [7, 11) is -1.32. The van der Waals surface area contributed by atoms with Crippen molar-refractivity contribution < 1.29 is 35.9 Å². The molecular formula is C19H19F3N2O5S. The minimum Gasteiger partial charge on any atom is -0.497 e. The lowest BCUT2D eigenvalue weighted by Crippen LogP contribution is -2.33. The van der Waals surface area contributed by atoms with Gasteiger partial charge in [0.1, 0.15) is 18.0 Å². The molecule has 0 radical (unpaired) electrons. The van der Waals surface area contributed by atoms with Crippen molar-refractivity contribution in [2.45, 2.75) is 11.1 Å². The van der Waals surface area contributed by atoms with Gasteiger partial charge in [-0.1, -0.05) is 0 Å². The van der Waals surface area contributed by atoms with E-state index in [0.29, 0.717) is 17.1 Å². The van der Waals surface area contributed by atoms with E-state index in [1.807, 2.05) is 0 Å². The van der Waals surface area contributed by atoms with Gasteiger partial charge in [-0.05, 0) is 48.0 Å². The second kappa shape index (κ2) is 9.63. The summed E-state index contributed by atoms with van der Waals surface area (Å²) >= 11 is 0. The zero-order valence-corrected chi connectivity index (χ0v) is 16.8. The van der Waals surface area contributed by atoms with Crippen LogP contribution in [-0.2, 0) is 14.8 Å². The van der Waals surface area contributed by atoms with E-state index in [2.05, 4.69) is 5.32 Å². The van der Waals surface area contributed by atoms with Gasteiger partial charge in [0.2, 0.25) is 15.9 Å². The normalized spacial score (nSPS) is 12.0. The van der Waals surface area contributed by atoms with Crippen LogP contribution in [-0.4, -0.2) is 41.3 Å². The van der Waals surface area contributed by atoms with Crippen LogP contribution in [0.15, 0.2) is 53.4 Å². The maximum Gasteiger partial charge on any atom is 0.402 e. The summed E-state index contributed by atoms with van der Waals surface area (Å²) in [5.74, 6) is 0.596. The van der Waals surface area contributed by atoms with Crippen molar-refractivity contribution in [3.05, 3.63) is 54.1 Å². The fourth-order valence-corrected chi connectivity index (χ4v) is 3.27. The van der Waals surface area contributed by atoms with Crippen LogP contribution in [0.4, 0.5) is 18.9 Å². The minimum absolute atomic E-state index is 0.266. The lowest BCUT2D eigenvalue weighted by molar-refractivity contribution is -0.121. The number of ether oxygens (including phenoxy) is 2. The Morgan fingerprint density at radius 1 is 1.03 bits per heavy atom. The van der Waals surface area contributed by atoms with Crippen LogP contribution in [0.25, 0.3) is 6.08 Å². The largest absolute Gasteiger partial charge is 0.497 e. The molecule has 0 saturated carbocycles. The number of sulfonamides is 1. The number of amides is 1. The average molecular weight is 444 g/mol. The van der Waals surface area contributed by atoms with Crippen molar-refractivity contribution in [1.82, 2.24) is 4.72 Å². The predicted molar refractivity (Wildman–Crippen MR) is 105 cm³/mol. The molecule has 7 nitrogen and oxygen atoms in total. The highest BCUT2D eigenvalue weighted by atomic mass is 32.2. The molecule has 30 heavy (non-hydrogen) atoms. The van der Waals surface area contributed by atoms with Crippen molar-refractivity contribution in [3.8, 4) is 11.5 Å². The van der Waals surface area contributed by atoms with Gasteiger partial charge in [0.15, 0.2) is 0 Å². The number of alkyl halides is 3. The number of benzene rings is 2. The Morgan fingerprint density at radius 3 is 2.10 bits per heavy atom. The molecule has 0 fully saturated rings. The summed E-state index contributed by atoms with van der Waals surface area (Å²) in [5, 5.41) is 2.52. The van der Waals surface area contributed by atoms with Crippen molar-refractivity contribution in [2.24, 2.45) is 0 Å². The molecule has 0 aliphatic rings. The molecule has 0 spiro atoms. The third-order valence-corrected chi connectivity index (χ3v) is 5.11. The number of halogens is 3. The van der Waals surface area contributed by atoms with E-state index in [4.69, 9.17) is 9.47 Å². The van der Waals surface area contributed by atoms with Gasteiger partial charge < -0.3 is 14.8 Å². The summed E-state index contributed by atoms with van der Waals surface area (Å²) in [5.41, 5.74) is 0.918. The van der Waals surface area contributed by atoms with Gasteiger partial charge in [-0.25, -0.2) is 13.1 Å². The molecule has 1 amide bonds. The molecule has 2 aromatic rings. The fraction of sp³-hybridized carbons (Fsp3) is 0.211. The Kier molecular flexibility index (Phi) is 7.46. The Morgan fingerprint density at radius 2 is 1.60 bits per heavy atom. The van der Waals surface area contributed by atoms with Gasteiger partial charge in [-0.2, -0.15) is 13.2 Å². The first-order valence-electron chi connectivity index (χ1n) is 8.41. The van der Waals surface area contributed by atoms with E-state index in [1.165, 1.54) is 43.2 Å². The number of rotatable bonds is 8. The van der Waals surface area contributed by atoms with Crippen molar-refractivity contribution in [1.29, 1.82) is 0 Å². The minimum atomic E-state index is -4.67. The first-order valence-corrected chi connectivity index (χ1v) is 9.89. The molecule has 0 heterocycles. The highest BCUT2D eigenvalue weighted by Gasteiger charge is 2.30. The van der Waals surface area contributed by atoms with Crippen LogP contribution in [0.3, 0.4) is 0 Å². The van der Waals surface area contributed by atoms with Gasteiger partial charge in [0.25, 0.3) is 0 Å². The number of hydrogen-bond acceptors (Lipinski definition) is 5. The summed E-state index contributed by atoms with van der Waals surface area (Å²) in [4.78, 5) is 11.7.